The number of fused-ring (bicyclic) bond motifs is 2. The molecule has 1 N–H and O–H groups in total. The van der Waals surface area contributed by atoms with Crippen molar-refractivity contribution < 1.29 is 19.4 Å². The normalized spacial score (nSPS) is 22.1. The van der Waals surface area contributed by atoms with Crippen LogP contribution < -0.4 is 9.64 Å². The number of phenolic OH excluding ortho intramolecular Hbond substituents is 1. The number of ether oxygens (including phenoxy) is 1. The van der Waals surface area contributed by atoms with Gasteiger partial charge in [-0.1, -0.05) is 30.3 Å². The van der Waals surface area contributed by atoms with E-state index in [-0.39, 0.29) is 23.3 Å². The van der Waals surface area contributed by atoms with Crippen LogP contribution in [0.4, 0.5) is 5.82 Å². The van der Waals surface area contributed by atoms with Crippen molar-refractivity contribution in [2.45, 2.75) is 26.2 Å². The van der Waals surface area contributed by atoms with Crippen molar-refractivity contribution in [3.8, 4) is 22.1 Å². The molecule has 1 aliphatic heterocycles. The summed E-state index contributed by atoms with van der Waals surface area (Å²) < 4.78 is 9.08. The lowest BCUT2D eigenvalue weighted by atomic mass is 9.60. The quantitative estimate of drug-likeness (QED) is 0.209. The van der Waals surface area contributed by atoms with E-state index in [9.17, 15) is 14.7 Å². The van der Waals surface area contributed by atoms with Gasteiger partial charge in [-0.2, -0.15) is 5.10 Å². The standard InChI is InChI=1S/C31H26Br2ClN3O4S/c1-6-15-7-9-19-29(39)37(30(40)31(19,3)24(15)18-12-21(41-5)27(38)26(33)25(18)32)23-13-20(35-36(23)4)28-14(2)17-11-16(34)8-10-22(17)42-28/h6-8,10-13,19,24,38H,1,9H2,2-5H3/t19-,24+,31+/m0/s1. The number of benzene rings is 2. The molecule has 0 spiro atoms. The van der Waals surface area contributed by atoms with Gasteiger partial charge in [-0.25, -0.2) is 4.90 Å². The van der Waals surface area contributed by atoms with Gasteiger partial charge in [0.15, 0.2) is 11.5 Å². The highest BCUT2D eigenvalue weighted by Crippen LogP contribution is 2.59. The van der Waals surface area contributed by atoms with E-state index in [2.05, 4.69) is 38.4 Å². The van der Waals surface area contributed by atoms with Crippen molar-refractivity contribution in [3.05, 3.63) is 79.7 Å². The zero-order valence-electron chi connectivity index (χ0n) is 23.2. The molecular formula is C31H26Br2ClN3O4S. The molecule has 2 amide bonds. The van der Waals surface area contributed by atoms with Gasteiger partial charge in [0, 0.05) is 33.2 Å². The lowest BCUT2D eigenvalue weighted by Gasteiger charge is -2.40. The molecule has 3 atom stereocenters. The predicted octanol–water partition coefficient (Wildman–Crippen LogP) is 8.30. The molecule has 6 rings (SSSR count). The molecule has 0 radical (unpaired) electrons. The van der Waals surface area contributed by atoms with Gasteiger partial charge in [-0.3, -0.25) is 14.3 Å². The lowest BCUT2D eigenvalue weighted by Crippen LogP contribution is -2.42. The fraction of sp³-hybridized carbons (Fsp3) is 0.258. The van der Waals surface area contributed by atoms with E-state index in [1.54, 1.807) is 35.2 Å². The number of thiophene rings is 1. The minimum atomic E-state index is -1.14. The summed E-state index contributed by atoms with van der Waals surface area (Å²) in [6.45, 7) is 7.88. The number of hydrogen-bond donors (Lipinski definition) is 1. The summed E-state index contributed by atoms with van der Waals surface area (Å²) in [5.74, 6) is -1.16. The van der Waals surface area contributed by atoms with Crippen molar-refractivity contribution in [3.63, 3.8) is 0 Å². The van der Waals surface area contributed by atoms with Crippen LogP contribution in [-0.2, 0) is 16.6 Å². The zero-order chi connectivity index (χ0) is 30.2. The Morgan fingerprint density at radius 1 is 1.24 bits per heavy atom. The summed E-state index contributed by atoms with van der Waals surface area (Å²) in [7, 11) is 3.21. The minimum Gasteiger partial charge on any atom is -0.503 e. The second-order valence-electron chi connectivity index (χ2n) is 10.7. The number of aryl methyl sites for hydroxylation is 2. The monoisotopic (exact) mass is 729 g/mol. The second kappa shape index (κ2) is 10.4. The number of carbonyl (C=O) groups is 2. The Morgan fingerprint density at radius 2 is 1.98 bits per heavy atom. The highest BCUT2D eigenvalue weighted by atomic mass is 79.9. The first-order chi connectivity index (χ1) is 19.9. The average Bonchev–Trinajstić information content (AvgIpc) is 3.56. The number of phenols is 1. The summed E-state index contributed by atoms with van der Waals surface area (Å²) in [5, 5.41) is 17.0. The highest BCUT2D eigenvalue weighted by molar-refractivity contribution is 9.13. The number of nitrogens with zero attached hydrogens (tertiary/aromatic N) is 3. The van der Waals surface area contributed by atoms with Crippen molar-refractivity contribution >= 4 is 82.5 Å². The van der Waals surface area contributed by atoms with E-state index in [0.717, 1.165) is 26.1 Å². The van der Waals surface area contributed by atoms with Gasteiger partial charge in [0.25, 0.3) is 0 Å². The molecule has 3 heterocycles. The Labute approximate surface area is 268 Å². The molecule has 1 fully saturated rings. The summed E-state index contributed by atoms with van der Waals surface area (Å²) in [5.41, 5.74) is 2.09. The minimum absolute atomic E-state index is 0.0635. The van der Waals surface area contributed by atoms with E-state index >= 15 is 0 Å². The smallest absolute Gasteiger partial charge is 0.242 e. The van der Waals surface area contributed by atoms with Gasteiger partial charge < -0.3 is 9.84 Å². The fourth-order valence-electron chi connectivity index (χ4n) is 6.40. The molecule has 11 heteroatoms. The summed E-state index contributed by atoms with van der Waals surface area (Å²) in [6, 6.07) is 9.30. The third-order valence-corrected chi connectivity index (χ3v) is 12.3. The van der Waals surface area contributed by atoms with Gasteiger partial charge in [0.05, 0.1) is 27.8 Å². The molecule has 1 saturated heterocycles. The van der Waals surface area contributed by atoms with Crippen LogP contribution in [-0.4, -0.2) is 33.8 Å². The molecule has 2 aromatic heterocycles. The molecule has 0 unspecified atom stereocenters. The number of carbonyl (C=O) groups excluding carboxylic acids is 2. The number of aromatic hydroxyl groups is 1. The molecule has 0 saturated carbocycles. The molecule has 42 heavy (non-hydrogen) atoms. The van der Waals surface area contributed by atoms with Crippen LogP contribution in [0.25, 0.3) is 20.7 Å². The maximum Gasteiger partial charge on any atom is 0.242 e. The van der Waals surface area contributed by atoms with Crippen molar-refractivity contribution in [1.29, 1.82) is 0 Å². The SMILES string of the molecule is C=CC1=CC[C@H]2C(=O)N(c3cc(-c4sc5ccc(Cl)cc5c4C)nn3C)C(=O)[C@@]2(C)[C@H]1c1cc(OC)c(O)c(Br)c1Br. The van der Waals surface area contributed by atoms with Gasteiger partial charge in [-0.05, 0) is 98.5 Å². The van der Waals surface area contributed by atoms with E-state index in [0.29, 0.717) is 37.5 Å². The van der Waals surface area contributed by atoms with Crippen LogP contribution >= 0.6 is 54.8 Å². The molecule has 2 aromatic carbocycles. The van der Waals surface area contributed by atoms with Crippen molar-refractivity contribution in [2.24, 2.45) is 18.4 Å². The number of allylic oxidation sites excluding steroid dienone is 3. The molecule has 0 bridgehead atoms. The third-order valence-electron chi connectivity index (χ3n) is 8.58. The maximum absolute atomic E-state index is 14.6. The van der Waals surface area contributed by atoms with Crippen LogP contribution in [0.3, 0.4) is 0 Å². The van der Waals surface area contributed by atoms with Gasteiger partial charge in [-0.15, -0.1) is 11.3 Å². The van der Waals surface area contributed by atoms with E-state index in [1.165, 1.54) is 12.0 Å². The number of anilines is 1. The largest absolute Gasteiger partial charge is 0.503 e. The number of halogens is 3. The number of methoxy groups -OCH3 is 1. The third kappa shape index (κ3) is 4.06. The van der Waals surface area contributed by atoms with E-state index in [4.69, 9.17) is 21.4 Å². The Morgan fingerprint density at radius 3 is 2.67 bits per heavy atom. The fourth-order valence-corrected chi connectivity index (χ4v) is 8.68. The molecular weight excluding hydrogens is 706 g/mol. The van der Waals surface area contributed by atoms with Crippen molar-refractivity contribution in [2.75, 3.05) is 12.0 Å². The second-order valence-corrected chi connectivity index (χ2v) is 13.8. The average molecular weight is 732 g/mol. The first kappa shape index (κ1) is 29.2. The summed E-state index contributed by atoms with van der Waals surface area (Å²) in [6.07, 6.45) is 4.09. The van der Waals surface area contributed by atoms with Crippen LogP contribution in [0.15, 0.2) is 63.6 Å². The van der Waals surface area contributed by atoms with Crippen LogP contribution in [0.1, 0.15) is 30.4 Å². The first-order valence-corrected chi connectivity index (χ1v) is 15.9. The molecule has 4 aromatic rings. The Kier molecular flexibility index (Phi) is 7.20. The number of imide groups is 1. The van der Waals surface area contributed by atoms with Gasteiger partial charge in [0.2, 0.25) is 11.8 Å². The van der Waals surface area contributed by atoms with Crippen LogP contribution in [0, 0.1) is 18.3 Å². The number of rotatable bonds is 5. The topological polar surface area (TPSA) is 84.7 Å². The molecule has 2 aliphatic rings. The predicted molar refractivity (Wildman–Crippen MR) is 174 cm³/mol. The van der Waals surface area contributed by atoms with E-state index < -0.39 is 17.3 Å². The summed E-state index contributed by atoms with van der Waals surface area (Å²) in [4.78, 5) is 30.9. The van der Waals surface area contributed by atoms with Gasteiger partial charge >= 0.3 is 0 Å². The lowest BCUT2D eigenvalue weighted by molar-refractivity contribution is -0.127. The van der Waals surface area contributed by atoms with Crippen LogP contribution in [0.2, 0.25) is 5.02 Å². The maximum atomic E-state index is 14.6. The Balaban J connectivity index is 1.48. The Bertz CT molecular complexity index is 1880. The van der Waals surface area contributed by atoms with E-state index in [1.807, 2.05) is 44.2 Å². The number of hydrogen-bond acceptors (Lipinski definition) is 6. The number of aromatic nitrogens is 2. The Hall–Kier alpha value is -2.92. The van der Waals surface area contributed by atoms with Gasteiger partial charge in [0.1, 0.15) is 11.5 Å². The number of amides is 2. The molecule has 7 nitrogen and oxygen atoms in total. The molecule has 1 aliphatic carbocycles. The zero-order valence-corrected chi connectivity index (χ0v) is 27.9. The highest BCUT2D eigenvalue weighted by Gasteiger charge is 2.63. The van der Waals surface area contributed by atoms with Crippen LogP contribution in [0.5, 0.6) is 11.5 Å². The van der Waals surface area contributed by atoms with Crippen molar-refractivity contribution in [1.82, 2.24) is 9.78 Å². The molecule has 216 valence electrons. The summed E-state index contributed by atoms with van der Waals surface area (Å²) >= 11 is 14.9. The first-order valence-electron chi connectivity index (χ1n) is 13.1.